The molecule has 2 amide bonds. The van der Waals surface area contributed by atoms with Gasteiger partial charge < -0.3 is 20.7 Å². The summed E-state index contributed by atoms with van der Waals surface area (Å²) in [4.78, 5) is 21.1. The summed E-state index contributed by atoms with van der Waals surface area (Å²) in [6.45, 7) is 1.79. The average Bonchev–Trinajstić information content (AvgIpc) is 2.86. The summed E-state index contributed by atoms with van der Waals surface area (Å²) in [6, 6.07) is 16.9. The summed E-state index contributed by atoms with van der Waals surface area (Å²) in [5.74, 6) is 1.18. The number of rotatable bonds is 6. The number of hydrogen-bond donors (Lipinski definition) is 3. The van der Waals surface area contributed by atoms with Gasteiger partial charge in [-0.1, -0.05) is 29.8 Å². The maximum Gasteiger partial charge on any atom is 0.417 e. The summed E-state index contributed by atoms with van der Waals surface area (Å²) in [7, 11) is 1.58. The predicted octanol–water partition coefficient (Wildman–Crippen LogP) is 7.52. The number of anilines is 4. The average molecular weight is 528 g/mol. The van der Waals surface area contributed by atoms with E-state index in [1.165, 1.54) is 12.4 Å². The Morgan fingerprint density at radius 1 is 0.946 bits per heavy atom. The third-order valence-corrected chi connectivity index (χ3v) is 5.67. The van der Waals surface area contributed by atoms with E-state index in [1.807, 2.05) is 24.3 Å². The molecule has 0 atom stereocenters. The minimum absolute atomic E-state index is 0.0500. The monoisotopic (exact) mass is 527 g/mol. The van der Waals surface area contributed by atoms with Gasteiger partial charge in [-0.15, -0.1) is 0 Å². The van der Waals surface area contributed by atoms with Crippen molar-refractivity contribution in [3.05, 3.63) is 89.2 Å². The Balaban J connectivity index is 1.50. The summed E-state index contributed by atoms with van der Waals surface area (Å²) in [5, 5.41) is 7.77. The molecular weight excluding hydrogens is 507 g/mol. The van der Waals surface area contributed by atoms with Gasteiger partial charge in [0.2, 0.25) is 0 Å². The van der Waals surface area contributed by atoms with Gasteiger partial charge in [-0.05, 0) is 55.0 Å². The Bertz CT molecular complexity index is 1450. The van der Waals surface area contributed by atoms with Crippen molar-refractivity contribution in [2.24, 2.45) is 0 Å². The van der Waals surface area contributed by atoms with Crippen molar-refractivity contribution in [1.29, 1.82) is 0 Å². The normalized spacial score (nSPS) is 11.1. The van der Waals surface area contributed by atoms with Gasteiger partial charge in [0.15, 0.2) is 0 Å². The lowest BCUT2D eigenvalue weighted by Gasteiger charge is -2.14. The van der Waals surface area contributed by atoms with Gasteiger partial charge in [-0.25, -0.2) is 14.8 Å². The number of nitrogens with one attached hydrogen (secondary N) is 3. The zero-order valence-electron chi connectivity index (χ0n) is 19.7. The van der Waals surface area contributed by atoms with E-state index in [-0.39, 0.29) is 5.69 Å². The van der Waals surface area contributed by atoms with E-state index in [2.05, 4.69) is 25.9 Å². The van der Waals surface area contributed by atoms with Crippen molar-refractivity contribution in [3.8, 4) is 17.0 Å². The van der Waals surface area contributed by atoms with Crippen molar-refractivity contribution in [3.63, 3.8) is 0 Å². The molecule has 0 saturated heterocycles. The molecule has 4 aromatic rings. The van der Waals surface area contributed by atoms with Crippen LogP contribution in [0.3, 0.4) is 0 Å². The molecule has 0 radical (unpaired) electrons. The Labute approximate surface area is 215 Å². The standard InChI is InChI=1S/C26H21ClF3N5O2/c1-15-7-8-17(33-24-13-22(31-14-32-24)18-5-3-4-6-23(18)37-2)12-21(15)35-25(36)34-16-9-10-20(27)19(11-16)26(28,29)30/h3-14H,1-2H3,(H,31,32,33)(H2,34,35,36). The minimum atomic E-state index is -4.64. The zero-order chi connectivity index (χ0) is 26.6. The third kappa shape index (κ3) is 6.28. The molecule has 1 aromatic heterocycles. The summed E-state index contributed by atoms with van der Waals surface area (Å²) < 4.78 is 44.7. The lowest BCUT2D eigenvalue weighted by Crippen LogP contribution is -2.20. The second-order valence-corrected chi connectivity index (χ2v) is 8.32. The molecule has 0 saturated carbocycles. The molecule has 3 N–H and O–H groups in total. The topological polar surface area (TPSA) is 88.2 Å². The number of halogens is 4. The molecular formula is C26H21ClF3N5O2. The van der Waals surface area contributed by atoms with Crippen LogP contribution in [0.25, 0.3) is 11.3 Å². The highest BCUT2D eigenvalue weighted by Gasteiger charge is 2.33. The highest BCUT2D eigenvalue weighted by molar-refractivity contribution is 6.31. The number of para-hydroxylation sites is 1. The zero-order valence-corrected chi connectivity index (χ0v) is 20.4. The van der Waals surface area contributed by atoms with Crippen LogP contribution in [0.1, 0.15) is 11.1 Å². The summed E-state index contributed by atoms with van der Waals surface area (Å²) in [5.41, 5.74) is 2.18. The number of benzene rings is 3. The van der Waals surface area contributed by atoms with Gasteiger partial charge in [0, 0.05) is 28.7 Å². The molecule has 11 heteroatoms. The van der Waals surface area contributed by atoms with E-state index < -0.39 is 22.8 Å². The van der Waals surface area contributed by atoms with Crippen molar-refractivity contribution in [2.45, 2.75) is 13.1 Å². The number of aryl methyl sites for hydroxylation is 1. The SMILES string of the molecule is COc1ccccc1-c1cc(Nc2ccc(C)c(NC(=O)Nc3ccc(Cl)c(C(F)(F)F)c3)c2)ncn1. The van der Waals surface area contributed by atoms with Crippen molar-refractivity contribution in [2.75, 3.05) is 23.1 Å². The van der Waals surface area contributed by atoms with Gasteiger partial charge in [0.05, 0.1) is 23.4 Å². The molecule has 4 rings (SSSR count). The molecule has 37 heavy (non-hydrogen) atoms. The Morgan fingerprint density at radius 3 is 2.46 bits per heavy atom. The first-order chi connectivity index (χ1) is 17.6. The number of hydrogen-bond acceptors (Lipinski definition) is 5. The molecule has 0 unspecified atom stereocenters. The maximum absolute atomic E-state index is 13.1. The second kappa shape index (κ2) is 10.8. The number of carbonyl (C=O) groups is 1. The van der Waals surface area contributed by atoms with Crippen LogP contribution in [-0.4, -0.2) is 23.1 Å². The van der Waals surface area contributed by atoms with Crippen LogP contribution in [0.4, 0.5) is 40.8 Å². The first-order valence-electron chi connectivity index (χ1n) is 10.9. The lowest BCUT2D eigenvalue weighted by atomic mass is 10.1. The smallest absolute Gasteiger partial charge is 0.417 e. The highest BCUT2D eigenvalue weighted by atomic mass is 35.5. The van der Waals surface area contributed by atoms with Gasteiger partial charge in [-0.3, -0.25) is 0 Å². The molecule has 0 fully saturated rings. The molecule has 0 aliphatic rings. The van der Waals surface area contributed by atoms with Gasteiger partial charge in [0.25, 0.3) is 0 Å². The minimum Gasteiger partial charge on any atom is -0.496 e. The van der Waals surface area contributed by atoms with Crippen LogP contribution in [0.2, 0.25) is 5.02 Å². The number of urea groups is 1. The Morgan fingerprint density at radius 2 is 1.70 bits per heavy atom. The van der Waals surface area contributed by atoms with E-state index in [1.54, 1.807) is 38.3 Å². The number of amides is 2. The molecule has 3 aromatic carbocycles. The number of aromatic nitrogens is 2. The fourth-order valence-electron chi connectivity index (χ4n) is 3.52. The molecule has 0 bridgehead atoms. The van der Waals surface area contributed by atoms with Gasteiger partial charge >= 0.3 is 12.2 Å². The van der Waals surface area contributed by atoms with Crippen LogP contribution in [-0.2, 0) is 6.18 Å². The van der Waals surface area contributed by atoms with Crippen LogP contribution in [0.15, 0.2) is 73.1 Å². The lowest BCUT2D eigenvalue weighted by molar-refractivity contribution is -0.137. The quantitative estimate of drug-likeness (QED) is 0.241. The first-order valence-corrected chi connectivity index (χ1v) is 11.3. The fraction of sp³-hybridized carbons (Fsp3) is 0.115. The van der Waals surface area contributed by atoms with E-state index in [4.69, 9.17) is 16.3 Å². The Hall–Kier alpha value is -4.31. The number of carbonyl (C=O) groups excluding carboxylic acids is 1. The Kier molecular flexibility index (Phi) is 7.49. The molecule has 7 nitrogen and oxygen atoms in total. The van der Waals surface area contributed by atoms with Crippen molar-refractivity contribution < 1.29 is 22.7 Å². The molecule has 1 heterocycles. The van der Waals surface area contributed by atoms with Crippen LogP contribution < -0.4 is 20.7 Å². The number of nitrogens with zero attached hydrogens (tertiary/aromatic N) is 2. The van der Waals surface area contributed by atoms with E-state index in [9.17, 15) is 18.0 Å². The van der Waals surface area contributed by atoms with E-state index >= 15 is 0 Å². The fourth-order valence-corrected chi connectivity index (χ4v) is 3.74. The second-order valence-electron chi connectivity index (χ2n) is 7.91. The van der Waals surface area contributed by atoms with E-state index in [0.29, 0.717) is 28.6 Å². The summed E-state index contributed by atoms with van der Waals surface area (Å²) in [6.07, 6.45) is -3.22. The van der Waals surface area contributed by atoms with Crippen LogP contribution in [0.5, 0.6) is 5.75 Å². The molecule has 0 aliphatic carbocycles. The van der Waals surface area contributed by atoms with Crippen molar-refractivity contribution >= 4 is 40.5 Å². The van der Waals surface area contributed by atoms with Crippen LogP contribution in [0, 0.1) is 6.92 Å². The van der Waals surface area contributed by atoms with E-state index in [0.717, 1.165) is 23.3 Å². The predicted molar refractivity (Wildman–Crippen MR) is 138 cm³/mol. The highest BCUT2D eigenvalue weighted by Crippen LogP contribution is 2.36. The largest absolute Gasteiger partial charge is 0.496 e. The summed E-state index contributed by atoms with van der Waals surface area (Å²) >= 11 is 5.64. The molecule has 190 valence electrons. The third-order valence-electron chi connectivity index (χ3n) is 5.34. The number of methoxy groups -OCH3 is 1. The molecule has 0 aliphatic heterocycles. The number of ether oxygens (including phenoxy) is 1. The first kappa shape index (κ1) is 25.8. The molecule has 0 spiro atoms. The van der Waals surface area contributed by atoms with Gasteiger partial charge in [-0.2, -0.15) is 13.2 Å². The van der Waals surface area contributed by atoms with Crippen molar-refractivity contribution in [1.82, 2.24) is 9.97 Å². The van der Waals surface area contributed by atoms with Gasteiger partial charge in [0.1, 0.15) is 17.9 Å². The van der Waals surface area contributed by atoms with Crippen LogP contribution >= 0.6 is 11.6 Å². The number of alkyl halides is 3. The maximum atomic E-state index is 13.1.